The number of hydrogen-bond donors (Lipinski definition) is 2. The number of ketones is 1. The van der Waals surface area contributed by atoms with Crippen molar-refractivity contribution in [3.05, 3.63) is 89.5 Å². The van der Waals surface area contributed by atoms with E-state index in [1.807, 2.05) is 30.3 Å². The van der Waals surface area contributed by atoms with Gasteiger partial charge in [0, 0.05) is 6.07 Å². The lowest BCUT2D eigenvalue weighted by Crippen LogP contribution is -2.45. The number of phenols is 2. The molecule has 0 aromatic heterocycles. The molecule has 0 aliphatic carbocycles. The van der Waals surface area contributed by atoms with Crippen molar-refractivity contribution in [2.24, 2.45) is 0 Å². The molecular weight excluding hydrogens is 316 g/mol. The van der Waals surface area contributed by atoms with Crippen LogP contribution in [0.4, 0.5) is 0 Å². The molecule has 1 aliphatic heterocycles. The minimum absolute atomic E-state index is 0.0587. The highest BCUT2D eigenvalue weighted by Crippen LogP contribution is 2.43. The molecule has 2 N–H and O–H groups in total. The van der Waals surface area contributed by atoms with Gasteiger partial charge in [-0.3, -0.25) is 4.79 Å². The molecule has 25 heavy (non-hydrogen) atoms. The highest BCUT2D eigenvalue weighted by atomic mass is 16.5. The van der Waals surface area contributed by atoms with Gasteiger partial charge in [-0.15, -0.1) is 0 Å². The Balaban J connectivity index is 1.95. The van der Waals surface area contributed by atoms with Crippen molar-refractivity contribution >= 4 is 5.78 Å². The Morgan fingerprint density at radius 1 is 0.800 bits per heavy atom. The van der Waals surface area contributed by atoms with Crippen LogP contribution in [0.3, 0.4) is 0 Å². The van der Waals surface area contributed by atoms with Crippen LogP contribution in [0.2, 0.25) is 0 Å². The van der Waals surface area contributed by atoms with E-state index < -0.39 is 5.41 Å². The van der Waals surface area contributed by atoms with Crippen molar-refractivity contribution in [3.8, 4) is 17.2 Å². The van der Waals surface area contributed by atoms with Crippen molar-refractivity contribution in [1.82, 2.24) is 0 Å². The second kappa shape index (κ2) is 5.67. The van der Waals surface area contributed by atoms with Crippen LogP contribution in [0.25, 0.3) is 0 Å². The van der Waals surface area contributed by atoms with E-state index in [0.717, 1.165) is 11.1 Å². The molecule has 0 spiro atoms. The first kappa shape index (κ1) is 15.3. The third kappa shape index (κ3) is 2.34. The van der Waals surface area contributed by atoms with Gasteiger partial charge in [-0.05, 0) is 35.4 Å². The zero-order chi connectivity index (χ0) is 17.4. The fraction of sp³-hybridized carbons (Fsp3) is 0.0952. The maximum atomic E-state index is 13.5. The summed E-state index contributed by atoms with van der Waals surface area (Å²) >= 11 is 0. The summed E-state index contributed by atoms with van der Waals surface area (Å²) in [6.07, 6.45) is 0. The smallest absolute Gasteiger partial charge is 0.184 e. The van der Waals surface area contributed by atoms with Crippen molar-refractivity contribution in [1.29, 1.82) is 0 Å². The van der Waals surface area contributed by atoms with Gasteiger partial charge < -0.3 is 14.9 Å². The zero-order valence-corrected chi connectivity index (χ0v) is 13.3. The van der Waals surface area contributed by atoms with E-state index in [-0.39, 0.29) is 23.9 Å². The van der Waals surface area contributed by atoms with Gasteiger partial charge in [0.05, 0.1) is 5.56 Å². The quantitative estimate of drug-likeness (QED) is 0.751. The molecule has 1 aliphatic rings. The van der Waals surface area contributed by atoms with E-state index in [9.17, 15) is 15.0 Å². The maximum absolute atomic E-state index is 13.5. The predicted molar refractivity (Wildman–Crippen MR) is 93.3 cm³/mol. The molecule has 0 amide bonds. The van der Waals surface area contributed by atoms with E-state index in [1.54, 1.807) is 30.3 Å². The number of Topliss-reactive ketones (excluding diaryl/α,β-unsaturated/α-hetero) is 1. The molecule has 4 nitrogen and oxygen atoms in total. The summed E-state index contributed by atoms with van der Waals surface area (Å²) in [7, 11) is 0. The summed E-state index contributed by atoms with van der Waals surface area (Å²) in [4.78, 5) is 13.5. The van der Waals surface area contributed by atoms with Gasteiger partial charge in [0.25, 0.3) is 0 Å². The van der Waals surface area contributed by atoms with Crippen molar-refractivity contribution in [2.75, 3.05) is 6.61 Å². The number of fused-ring (bicyclic) bond motifs is 1. The summed E-state index contributed by atoms with van der Waals surface area (Å²) in [5, 5.41) is 19.3. The topological polar surface area (TPSA) is 66.8 Å². The third-order valence-electron chi connectivity index (χ3n) is 4.67. The molecule has 0 saturated heterocycles. The second-order valence-corrected chi connectivity index (χ2v) is 6.12. The normalized spacial score (nSPS) is 19.1. The van der Waals surface area contributed by atoms with Crippen molar-refractivity contribution in [2.45, 2.75) is 5.41 Å². The molecule has 0 fully saturated rings. The molecule has 1 atom stereocenters. The molecule has 1 unspecified atom stereocenters. The summed E-state index contributed by atoms with van der Waals surface area (Å²) in [6.45, 7) is 0.122. The van der Waals surface area contributed by atoms with Crippen LogP contribution in [-0.4, -0.2) is 22.6 Å². The Bertz CT molecular complexity index is 932. The number of hydrogen-bond acceptors (Lipinski definition) is 4. The molecule has 3 aromatic carbocycles. The standard InChI is InChI=1S/C21H16O4/c22-16-8-6-15(7-9-16)21(14-4-2-1-3-5-14)13-25-19-12-17(23)10-11-18(19)20(21)24/h1-12,22-23H,13H2. The highest BCUT2D eigenvalue weighted by Gasteiger charge is 2.47. The minimum Gasteiger partial charge on any atom is -0.508 e. The van der Waals surface area contributed by atoms with E-state index in [0.29, 0.717) is 11.3 Å². The van der Waals surface area contributed by atoms with E-state index >= 15 is 0 Å². The molecule has 0 bridgehead atoms. The number of rotatable bonds is 2. The van der Waals surface area contributed by atoms with Gasteiger partial charge in [-0.2, -0.15) is 0 Å². The summed E-state index contributed by atoms with van der Waals surface area (Å²) in [5.74, 6) is 0.492. The first-order valence-electron chi connectivity index (χ1n) is 7.97. The fourth-order valence-electron chi connectivity index (χ4n) is 3.36. The van der Waals surface area contributed by atoms with Gasteiger partial charge in [0.1, 0.15) is 29.3 Å². The summed E-state index contributed by atoms with van der Waals surface area (Å²) in [6, 6.07) is 20.6. The number of carbonyl (C=O) groups is 1. The predicted octanol–water partition coefficient (Wildman–Crippen LogP) is 3.66. The Hall–Kier alpha value is -3.27. The van der Waals surface area contributed by atoms with E-state index in [2.05, 4.69) is 0 Å². The van der Waals surface area contributed by atoms with E-state index in [1.165, 1.54) is 12.1 Å². The number of carbonyl (C=O) groups excluding carboxylic acids is 1. The Labute approximate surface area is 144 Å². The Morgan fingerprint density at radius 2 is 1.44 bits per heavy atom. The minimum atomic E-state index is -1.00. The number of phenolic OH excluding ortho intramolecular Hbond substituents is 2. The largest absolute Gasteiger partial charge is 0.508 e. The number of ether oxygens (including phenoxy) is 1. The summed E-state index contributed by atoms with van der Waals surface area (Å²) in [5.41, 5.74) is 1.00. The van der Waals surface area contributed by atoms with Gasteiger partial charge >= 0.3 is 0 Å². The van der Waals surface area contributed by atoms with E-state index in [4.69, 9.17) is 4.74 Å². The van der Waals surface area contributed by atoms with Crippen LogP contribution in [0.15, 0.2) is 72.8 Å². The molecule has 124 valence electrons. The van der Waals surface area contributed by atoms with Crippen LogP contribution in [0, 0.1) is 0 Å². The second-order valence-electron chi connectivity index (χ2n) is 6.12. The first-order valence-corrected chi connectivity index (χ1v) is 7.97. The molecular formula is C21H16O4. The fourth-order valence-corrected chi connectivity index (χ4v) is 3.36. The third-order valence-corrected chi connectivity index (χ3v) is 4.67. The van der Waals surface area contributed by atoms with Gasteiger partial charge in [0.15, 0.2) is 5.78 Å². The Morgan fingerprint density at radius 3 is 2.16 bits per heavy atom. The molecule has 0 saturated carbocycles. The lowest BCUT2D eigenvalue weighted by Gasteiger charge is -2.37. The maximum Gasteiger partial charge on any atom is 0.184 e. The Kier molecular flexibility index (Phi) is 3.46. The van der Waals surface area contributed by atoms with Crippen molar-refractivity contribution in [3.63, 3.8) is 0 Å². The van der Waals surface area contributed by atoms with Crippen LogP contribution in [0.5, 0.6) is 17.2 Å². The van der Waals surface area contributed by atoms with Crippen LogP contribution >= 0.6 is 0 Å². The first-order chi connectivity index (χ1) is 12.1. The monoisotopic (exact) mass is 332 g/mol. The number of benzene rings is 3. The average Bonchev–Trinajstić information content (AvgIpc) is 2.64. The molecule has 4 rings (SSSR count). The highest BCUT2D eigenvalue weighted by molar-refractivity contribution is 6.09. The zero-order valence-electron chi connectivity index (χ0n) is 13.3. The average molecular weight is 332 g/mol. The lowest BCUT2D eigenvalue weighted by atomic mass is 9.69. The van der Waals surface area contributed by atoms with Crippen LogP contribution in [0.1, 0.15) is 21.5 Å². The van der Waals surface area contributed by atoms with Gasteiger partial charge in [-0.1, -0.05) is 42.5 Å². The van der Waals surface area contributed by atoms with Crippen LogP contribution in [-0.2, 0) is 5.41 Å². The van der Waals surface area contributed by atoms with Crippen molar-refractivity contribution < 1.29 is 19.7 Å². The van der Waals surface area contributed by atoms with Gasteiger partial charge in [-0.25, -0.2) is 0 Å². The lowest BCUT2D eigenvalue weighted by molar-refractivity contribution is 0.0817. The SMILES string of the molecule is O=C1c2ccc(O)cc2OCC1(c1ccccc1)c1ccc(O)cc1. The van der Waals surface area contributed by atoms with Crippen LogP contribution < -0.4 is 4.74 Å². The molecule has 1 heterocycles. The molecule has 3 aromatic rings. The molecule has 4 heteroatoms. The summed E-state index contributed by atoms with van der Waals surface area (Å²) < 4.78 is 5.89. The number of aromatic hydroxyl groups is 2. The molecule has 0 radical (unpaired) electrons. The van der Waals surface area contributed by atoms with Gasteiger partial charge in [0.2, 0.25) is 0 Å².